The van der Waals surface area contributed by atoms with Gasteiger partial charge in [-0.15, -0.1) is 0 Å². The van der Waals surface area contributed by atoms with Gasteiger partial charge in [0.1, 0.15) is 11.4 Å². The number of benzene rings is 1. The molecular weight excluding hydrogens is 302 g/mol. The van der Waals surface area contributed by atoms with Crippen molar-refractivity contribution in [1.82, 2.24) is 15.1 Å². The minimum absolute atomic E-state index is 0.112. The Kier molecular flexibility index (Phi) is 4.55. The second-order valence-corrected chi connectivity index (χ2v) is 6.09. The molecule has 1 aromatic carbocycles. The van der Waals surface area contributed by atoms with Crippen LogP contribution in [-0.2, 0) is 0 Å². The van der Waals surface area contributed by atoms with Gasteiger partial charge >= 0.3 is 0 Å². The van der Waals surface area contributed by atoms with E-state index in [9.17, 15) is 0 Å². The standard InChI is InChI=1S/C18H23N5O/c1-12(2)24-14-5-6-16-15(10-14)18(22-21-16)17(20-11-19)9-13(3)23-7-4-8-23/h5-6,9-12H,3-4,7-8H2,1-2H3,(H2,19,20)(H,21,22)/b17-9-. The molecule has 0 amide bonds. The van der Waals surface area contributed by atoms with Gasteiger partial charge in [-0.3, -0.25) is 5.10 Å². The van der Waals surface area contributed by atoms with Gasteiger partial charge in [0, 0.05) is 24.2 Å². The highest BCUT2D eigenvalue weighted by Gasteiger charge is 2.17. The first kappa shape index (κ1) is 16.1. The molecule has 1 aliphatic heterocycles. The Bertz CT molecular complexity index is 799. The van der Waals surface area contributed by atoms with Gasteiger partial charge in [-0.1, -0.05) is 6.58 Å². The lowest BCUT2D eigenvalue weighted by molar-refractivity contribution is 0.243. The average molecular weight is 325 g/mol. The molecule has 6 heteroatoms. The van der Waals surface area contributed by atoms with Gasteiger partial charge in [0.25, 0.3) is 0 Å². The van der Waals surface area contributed by atoms with Crippen LogP contribution in [0.15, 0.2) is 41.5 Å². The van der Waals surface area contributed by atoms with Crippen molar-refractivity contribution in [1.29, 1.82) is 0 Å². The molecule has 6 nitrogen and oxygen atoms in total. The molecule has 1 aromatic heterocycles. The van der Waals surface area contributed by atoms with Crippen molar-refractivity contribution in [2.75, 3.05) is 13.1 Å². The number of allylic oxidation sites excluding steroid dienone is 1. The number of likely N-dealkylation sites (tertiary alicyclic amines) is 1. The van der Waals surface area contributed by atoms with Gasteiger partial charge in [-0.25, -0.2) is 4.99 Å². The number of rotatable bonds is 6. The van der Waals surface area contributed by atoms with Crippen molar-refractivity contribution in [3.63, 3.8) is 0 Å². The van der Waals surface area contributed by atoms with Crippen molar-refractivity contribution in [3.05, 3.63) is 42.2 Å². The first-order valence-corrected chi connectivity index (χ1v) is 8.13. The zero-order chi connectivity index (χ0) is 17.1. The van der Waals surface area contributed by atoms with Gasteiger partial charge in [0.2, 0.25) is 0 Å². The third kappa shape index (κ3) is 3.27. The molecular formula is C18H23N5O. The van der Waals surface area contributed by atoms with Crippen molar-refractivity contribution in [3.8, 4) is 5.75 Å². The number of H-pyrrole nitrogens is 1. The highest BCUT2D eigenvalue weighted by atomic mass is 16.5. The summed E-state index contributed by atoms with van der Waals surface area (Å²) in [5, 5.41) is 8.39. The minimum Gasteiger partial charge on any atom is -0.491 e. The maximum Gasteiger partial charge on any atom is 0.120 e. The second-order valence-electron chi connectivity index (χ2n) is 6.09. The molecule has 1 fully saturated rings. The smallest absolute Gasteiger partial charge is 0.120 e. The number of nitrogens with one attached hydrogen (secondary N) is 1. The average Bonchev–Trinajstić information content (AvgIpc) is 2.87. The van der Waals surface area contributed by atoms with Crippen molar-refractivity contribution in [2.45, 2.75) is 26.4 Å². The molecule has 126 valence electrons. The predicted octanol–water partition coefficient (Wildman–Crippen LogP) is 2.90. The lowest BCUT2D eigenvalue weighted by Gasteiger charge is -2.33. The quantitative estimate of drug-likeness (QED) is 0.486. The molecule has 0 saturated carbocycles. The topological polar surface area (TPSA) is 79.5 Å². The summed E-state index contributed by atoms with van der Waals surface area (Å²) < 4.78 is 5.78. The molecule has 0 atom stereocenters. The van der Waals surface area contributed by atoms with E-state index in [4.69, 9.17) is 10.5 Å². The zero-order valence-corrected chi connectivity index (χ0v) is 14.1. The van der Waals surface area contributed by atoms with Crippen molar-refractivity contribution < 1.29 is 4.74 Å². The van der Waals surface area contributed by atoms with Crippen LogP contribution in [0, 0.1) is 0 Å². The van der Waals surface area contributed by atoms with Gasteiger partial charge in [0.05, 0.1) is 23.7 Å². The molecule has 3 N–H and O–H groups in total. The summed E-state index contributed by atoms with van der Waals surface area (Å²) in [6.07, 6.45) is 4.52. The lowest BCUT2D eigenvalue weighted by atomic mass is 10.1. The molecule has 1 saturated heterocycles. The maximum absolute atomic E-state index is 5.78. The van der Waals surface area contributed by atoms with Gasteiger partial charge < -0.3 is 15.4 Å². The van der Waals surface area contributed by atoms with E-state index in [1.165, 1.54) is 12.8 Å². The van der Waals surface area contributed by atoms with Gasteiger partial charge in [-0.05, 0) is 44.5 Å². The predicted molar refractivity (Wildman–Crippen MR) is 97.8 cm³/mol. The molecule has 1 aliphatic rings. The van der Waals surface area contributed by atoms with Crippen LogP contribution in [0.1, 0.15) is 26.0 Å². The highest BCUT2D eigenvalue weighted by Crippen LogP contribution is 2.29. The number of hydrogen-bond donors (Lipinski definition) is 2. The summed E-state index contributed by atoms with van der Waals surface area (Å²) in [5.74, 6) is 0.804. The van der Waals surface area contributed by atoms with E-state index in [0.717, 1.165) is 41.1 Å². The number of fused-ring (bicyclic) bond motifs is 1. The number of hydrogen-bond acceptors (Lipinski definition) is 4. The number of nitrogens with zero attached hydrogens (tertiary/aromatic N) is 3. The van der Waals surface area contributed by atoms with E-state index < -0.39 is 0 Å². The maximum atomic E-state index is 5.78. The Labute approximate surface area is 141 Å². The Morgan fingerprint density at radius 3 is 2.88 bits per heavy atom. The number of ether oxygens (including phenoxy) is 1. The molecule has 3 rings (SSSR count). The fourth-order valence-electron chi connectivity index (χ4n) is 2.63. The van der Waals surface area contributed by atoms with Gasteiger partial charge in [0.15, 0.2) is 0 Å². The lowest BCUT2D eigenvalue weighted by Crippen LogP contribution is -2.35. The van der Waals surface area contributed by atoms with E-state index in [1.54, 1.807) is 0 Å². The summed E-state index contributed by atoms with van der Waals surface area (Å²) in [6.45, 7) is 10.2. The largest absolute Gasteiger partial charge is 0.491 e. The van der Waals surface area contributed by atoms with Crippen LogP contribution in [0.3, 0.4) is 0 Å². The number of aliphatic imine (C=N–C) groups is 1. The number of aromatic amines is 1. The normalized spacial score (nSPS) is 15.3. The minimum atomic E-state index is 0.112. The van der Waals surface area contributed by atoms with Crippen molar-refractivity contribution >= 4 is 22.9 Å². The van der Waals surface area contributed by atoms with Crippen molar-refractivity contribution in [2.24, 2.45) is 10.7 Å². The van der Waals surface area contributed by atoms with Crippen LogP contribution in [-0.4, -0.2) is 40.6 Å². The summed E-state index contributed by atoms with van der Waals surface area (Å²) >= 11 is 0. The van der Waals surface area contributed by atoms with Crippen LogP contribution in [0.2, 0.25) is 0 Å². The monoisotopic (exact) mass is 325 g/mol. The molecule has 0 unspecified atom stereocenters. The first-order valence-electron chi connectivity index (χ1n) is 8.13. The fourth-order valence-corrected chi connectivity index (χ4v) is 2.63. The van der Waals surface area contributed by atoms with E-state index in [0.29, 0.717) is 5.70 Å². The molecule has 0 aliphatic carbocycles. The van der Waals surface area contributed by atoms with Crippen LogP contribution < -0.4 is 10.5 Å². The molecule has 2 heterocycles. The summed E-state index contributed by atoms with van der Waals surface area (Å²) in [6, 6.07) is 5.86. The Balaban J connectivity index is 2.00. The van der Waals surface area contributed by atoms with Crippen LogP contribution >= 0.6 is 0 Å². The van der Waals surface area contributed by atoms with Crippen LogP contribution in [0.25, 0.3) is 16.6 Å². The molecule has 0 bridgehead atoms. The summed E-state index contributed by atoms with van der Waals surface area (Å²) in [4.78, 5) is 6.49. The molecule has 0 radical (unpaired) electrons. The zero-order valence-electron chi connectivity index (χ0n) is 14.1. The van der Waals surface area contributed by atoms with E-state index in [-0.39, 0.29) is 6.10 Å². The van der Waals surface area contributed by atoms with Crippen LogP contribution in [0.5, 0.6) is 5.75 Å². The van der Waals surface area contributed by atoms with Crippen LogP contribution in [0.4, 0.5) is 0 Å². The first-order chi connectivity index (χ1) is 11.6. The fraction of sp³-hybridized carbons (Fsp3) is 0.333. The SMILES string of the molecule is C=C(/C=C(\N=CN)c1n[nH]c2ccc(OC(C)C)cc12)N1CCC1. The third-order valence-corrected chi connectivity index (χ3v) is 3.93. The Hall–Kier alpha value is -2.76. The Morgan fingerprint density at radius 2 is 2.25 bits per heavy atom. The molecule has 0 spiro atoms. The second kappa shape index (κ2) is 6.78. The highest BCUT2D eigenvalue weighted by molar-refractivity contribution is 5.92. The van der Waals surface area contributed by atoms with Gasteiger partial charge in [-0.2, -0.15) is 5.10 Å². The summed E-state index contributed by atoms with van der Waals surface area (Å²) in [5.41, 5.74) is 8.80. The Morgan fingerprint density at radius 1 is 1.46 bits per heavy atom. The molecule has 24 heavy (non-hydrogen) atoms. The number of nitrogens with two attached hydrogens (primary N) is 1. The third-order valence-electron chi connectivity index (χ3n) is 3.93. The molecule has 2 aromatic rings. The van der Waals surface area contributed by atoms with E-state index in [1.807, 2.05) is 38.1 Å². The summed E-state index contributed by atoms with van der Waals surface area (Å²) in [7, 11) is 0. The van der Waals surface area contributed by atoms with E-state index >= 15 is 0 Å². The number of aromatic nitrogens is 2. The van der Waals surface area contributed by atoms with E-state index in [2.05, 4.69) is 26.7 Å².